The molecule has 9 heteroatoms. The third kappa shape index (κ3) is 4.35. The summed E-state index contributed by atoms with van der Waals surface area (Å²) in [6.45, 7) is 2.05. The fraction of sp³-hybridized carbons (Fsp3) is 0.125. The van der Waals surface area contributed by atoms with E-state index in [0.717, 1.165) is 16.8 Å². The van der Waals surface area contributed by atoms with E-state index in [0.29, 0.717) is 22.2 Å². The van der Waals surface area contributed by atoms with Crippen LogP contribution in [0, 0.1) is 17.0 Å². The molecule has 0 amide bonds. The molecule has 0 aliphatic carbocycles. The second kappa shape index (κ2) is 8.87. The fourth-order valence-corrected chi connectivity index (χ4v) is 4.29. The number of nitro groups is 1. The van der Waals surface area contributed by atoms with Crippen LogP contribution in [0.5, 0.6) is 5.88 Å². The van der Waals surface area contributed by atoms with Crippen molar-refractivity contribution < 1.29 is 9.66 Å². The number of thioether (sulfide) groups is 1. The standard InChI is InChI=1S/C24H19N5O3S/c1-15-10-12-16(13-11-15)14-33-24-26-23-21(27-28-24)17-6-2-4-8-19(17)25-22(32-23)18-7-3-5-9-20(18)29(30)31/h2-13,22,25H,14H2,1H3/t22-/m1/s1. The zero-order valence-electron chi connectivity index (χ0n) is 17.6. The molecule has 0 radical (unpaired) electrons. The van der Waals surface area contributed by atoms with Gasteiger partial charge in [0.1, 0.15) is 0 Å². The monoisotopic (exact) mass is 457 g/mol. The minimum absolute atomic E-state index is 0.0353. The number of aromatic nitrogens is 3. The summed E-state index contributed by atoms with van der Waals surface area (Å²) in [4.78, 5) is 15.8. The van der Waals surface area contributed by atoms with Crippen molar-refractivity contribution in [3.63, 3.8) is 0 Å². The van der Waals surface area contributed by atoms with Crippen LogP contribution in [0.3, 0.4) is 0 Å². The molecule has 1 aromatic heterocycles. The summed E-state index contributed by atoms with van der Waals surface area (Å²) in [6, 6.07) is 22.3. The van der Waals surface area contributed by atoms with Gasteiger partial charge in [-0.05, 0) is 24.6 Å². The molecule has 0 bridgehead atoms. The number of para-hydroxylation sites is 2. The van der Waals surface area contributed by atoms with Gasteiger partial charge in [0.2, 0.25) is 17.3 Å². The van der Waals surface area contributed by atoms with Crippen LogP contribution in [0.4, 0.5) is 11.4 Å². The van der Waals surface area contributed by atoms with Crippen molar-refractivity contribution in [2.24, 2.45) is 0 Å². The lowest BCUT2D eigenvalue weighted by atomic mass is 10.1. The number of aryl methyl sites for hydroxylation is 1. The molecule has 0 fully saturated rings. The molecule has 8 nitrogen and oxygen atoms in total. The van der Waals surface area contributed by atoms with Gasteiger partial charge < -0.3 is 10.1 Å². The highest BCUT2D eigenvalue weighted by Crippen LogP contribution is 2.41. The molecule has 1 N–H and O–H groups in total. The second-order valence-corrected chi connectivity index (χ2v) is 8.47. The largest absolute Gasteiger partial charge is 0.447 e. The van der Waals surface area contributed by atoms with E-state index < -0.39 is 11.2 Å². The number of benzene rings is 3. The van der Waals surface area contributed by atoms with Crippen LogP contribution in [-0.2, 0) is 5.75 Å². The number of nitrogens with one attached hydrogen (secondary N) is 1. The van der Waals surface area contributed by atoms with Crippen molar-refractivity contribution in [2.45, 2.75) is 24.1 Å². The Labute approximate surface area is 194 Å². The van der Waals surface area contributed by atoms with Gasteiger partial charge in [-0.15, -0.1) is 10.2 Å². The van der Waals surface area contributed by atoms with Crippen LogP contribution in [-0.4, -0.2) is 20.1 Å². The summed E-state index contributed by atoms with van der Waals surface area (Å²) in [5.74, 6) is 0.959. The lowest BCUT2D eigenvalue weighted by Gasteiger charge is -2.19. The zero-order valence-corrected chi connectivity index (χ0v) is 18.5. The number of ether oxygens (including phenoxy) is 1. The number of hydrogen-bond donors (Lipinski definition) is 1. The molecule has 5 rings (SSSR count). The van der Waals surface area contributed by atoms with E-state index in [1.165, 1.54) is 23.4 Å². The van der Waals surface area contributed by atoms with Crippen LogP contribution in [0.2, 0.25) is 0 Å². The Bertz CT molecular complexity index is 1330. The summed E-state index contributed by atoms with van der Waals surface area (Å²) >= 11 is 1.45. The predicted molar refractivity (Wildman–Crippen MR) is 126 cm³/mol. The maximum atomic E-state index is 11.6. The number of rotatable bonds is 5. The highest BCUT2D eigenvalue weighted by atomic mass is 32.2. The summed E-state index contributed by atoms with van der Waals surface area (Å²) < 4.78 is 6.18. The summed E-state index contributed by atoms with van der Waals surface area (Å²) in [6.07, 6.45) is -0.819. The van der Waals surface area contributed by atoms with E-state index in [4.69, 9.17) is 4.74 Å². The van der Waals surface area contributed by atoms with E-state index in [2.05, 4.69) is 44.8 Å². The lowest BCUT2D eigenvalue weighted by molar-refractivity contribution is -0.386. The van der Waals surface area contributed by atoms with Gasteiger partial charge >= 0.3 is 0 Å². The molecule has 0 saturated carbocycles. The Morgan fingerprint density at radius 3 is 2.61 bits per heavy atom. The van der Waals surface area contributed by atoms with Gasteiger partial charge in [0.15, 0.2) is 5.69 Å². The smallest absolute Gasteiger partial charge is 0.278 e. The van der Waals surface area contributed by atoms with E-state index >= 15 is 0 Å². The lowest BCUT2D eigenvalue weighted by Crippen LogP contribution is -2.18. The molecule has 1 aliphatic heterocycles. The molecule has 33 heavy (non-hydrogen) atoms. The van der Waals surface area contributed by atoms with Crippen LogP contribution >= 0.6 is 11.8 Å². The van der Waals surface area contributed by atoms with Crippen LogP contribution in [0.15, 0.2) is 78.0 Å². The van der Waals surface area contributed by atoms with Crippen molar-refractivity contribution in [1.29, 1.82) is 0 Å². The third-order valence-corrected chi connectivity index (χ3v) is 6.15. The molecule has 0 unspecified atom stereocenters. The van der Waals surface area contributed by atoms with Crippen molar-refractivity contribution >= 4 is 23.1 Å². The molecule has 3 aromatic carbocycles. The Morgan fingerprint density at radius 1 is 1.03 bits per heavy atom. The van der Waals surface area contributed by atoms with Crippen molar-refractivity contribution in [3.05, 3.63) is 99.6 Å². The van der Waals surface area contributed by atoms with Gasteiger partial charge in [-0.2, -0.15) is 4.98 Å². The molecule has 164 valence electrons. The minimum Gasteiger partial charge on any atom is -0.447 e. The second-order valence-electron chi connectivity index (χ2n) is 7.53. The average Bonchev–Trinajstić information content (AvgIpc) is 3.00. The first kappa shape index (κ1) is 20.9. The first-order valence-corrected chi connectivity index (χ1v) is 11.3. The van der Waals surface area contributed by atoms with Crippen LogP contribution < -0.4 is 10.1 Å². The highest BCUT2D eigenvalue weighted by molar-refractivity contribution is 7.98. The van der Waals surface area contributed by atoms with Gasteiger partial charge in [0, 0.05) is 23.1 Å². The molecule has 0 spiro atoms. The number of hydrogen-bond acceptors (Lipinski definition) is 8. The molecular weight excluding hydrogens is 438 g/mol. The maximum absolute atomic E-state index is 11.6. The van der Waals surface area contributed by atoms with Gasteiger partial charge in [0.25, 0.3) is 5.69 Å². The third-order valence-electron chi connectivity index (χ3n) is 5.24. The SMILES string of the molecule is Cc1ccc(CSc2nnc3c(n2)O[C@H](c2ccccc2[N+](=O)[O-])Nc2ccccc2-3)cc1. The Hall–Kier alpha value is -3.98. The minimum atomic E-state index is -0.819. The van der Waals surface area contributed by atoms with Crippen molar-refractivity contribution in [3.8, 4) is 17.1 Å². The normalized spacial score (nSPS) is 14.3. The van der Waals surface area contributed by atoms with E-state index in [1.54, 1.807) is 18.2 Å². The maximum Gasteiger partial charge on any atom is 0.278 e. The molecule has 4 aromatic rings. The Kier molecular flexibility index (Phi) is 5.62. The fourth-order valence-electron chi connectivity index (χ4n) is 3.56. The number of nitrogens with zero attached hydrogens (tertiary/aromatic N) is 4. The topological polar surface area (TPSA) is 103 Å². The number of fused-ring (bicyclic) bond motifs is 3. The molecule has 2 heterocycles. The Balaban J connectivity index is 1.51. The zero-order chi connectivity index (χ0) is 22.8. The quantitative estimate of drug-likeness (QED) is 0.236. The highest BCUT2D eigenvalue weighted by Gasteiger charge is 2.30. The summed E-state index contributed by atoms with van der Waals surface area (Å²) in [5, 5.41) is 24.0. The van der Waals surface area contributed by atoms with Gasteiger partial charge in [-0.3, -0.25) is 10.1 Å². The van der Waals surface area contributed by atoms with Crippen molar-refractivity contribution in [2.75, 3.05) is 5.32 Å². The van der Waals surface area contributed by atoms with E-state index in [1.807, 2.05) is 31.2 Å². The van der Waals surface area contributed by atoms with Gasteiger partial charge in [-0.1, -0.05) is 71.9 Å². The van der Waals surface area contributed by atoms with E-state index in [-0.39, 0.29) is 11.6 Å². The van der Waals surface area contributed by atoms with Crippen LogP contribution in [0.25, 0.3) is 11.3 Å². The summed E-state index contributed by atoms with van der Waals surface area (Å²) in [7, 11) is 0. The molecule has 1 aliphatic rings. The number of anilines is 1. The first-order chi connectivity index (χ1) is 16.1. The van der Waals surface area contributed by atoms with E-state index in [9.17, 15) is 10.1 Å². The van der Waals surface area contributed by atoms with Gasteiger partial charge in [-0.25, -0.2) is 0 Å². The number of nitro benzene ring substituents is 1. The van der Waals surface area contributed by atoms with Crippen LogP contribution in [0.1, 0.15) is 22.9 Å². The predicted octanol–water partition coefficient (Wildman–Crippen LogP) is 5.55. The van der Waals surface area contributed by atoms with Gasteiger partial charge in [0.05, 0.1) is 10.5 Å². The molecular formula is C24H19N5O3S. The molecule has 0 saturated heterocycles. The van der Waals surface area contributed by atoms with Crippen molar-refractivity contribution in [1.82, 2.24) is 15.2 Å². The average molecular weight is 458 g/mol. The molecule has 1 atom stereocenters. The summed E-state index contributed by atoms with van der Waals surface area (Å²) in [5.41, 5.74) is 4.70. The first-order valence-electron chi connectivity index (χ1n) is 10.3. The Morgan fingerprint density at radius 2 is 1.79 bits per heavy atom.